The van der Waals surface area contributed by atoms with Crippen molar-refractivity contribution in [3.8, 4) is 11.8 Å². The summed E-state index contributed by atoms with van der Waals surface area (Å²) < 4.78 is 20.5. The van der Waals surface area contributed by atoms with Gasteiger partial charge in [0.1, 0.15) is 19.0 Å². The highest BCUT2D eigenvalue weighted by Crippen LogP contribution is 2.17. The molecule has 0 saturated carbocycles. The molecule has 0 saturated heterocycles. The van der Waals surface area contributed by atoms with E-state index in [1.807, 2.05) is 0 Å². The molecule has 21 heavy (non-hydrogen) atoms. The Kier molecular flexibility index (Phi) is 5.53. The van der Waals surface area contributed by atoms with Crippen molar-refractivity contribution in [2.75, 3.05) is 40.6 Å². The Balaban J connectivity index is 2.18. The molecule has 1 aromatic carbocycles. The number of nitrogens with zero attached hydrogens (tertiary/aromatic N) is 1. The lowest BCUT2D eigenvalue weighted by Gasteiger charge is -2.07. The Hall–Kier alpha value is -2.12. The minimum absolute atomic E-state index is 0.178. The molecule has 0 spiro atoms. The van der Waals surface area contributed by atoms with E-state index in [2.05, 4.69) is 9.97 Å². The Labute approximate surface area is 121 Å². The van der Waals surface area contributed by atoms with Crippen molar-refractivity contribution in [3.63, 3.8) is 0 Å². The van der Waals surface area contributed by atoms with Crippen molar-refractivity contribution < 1.29 is 18.9 Å². The summed E-state index contributed by atoms with van der Waals surface area (Å²) in [5.41, 5.74) is 0.273. The third-order valence-electron chi connectivity index (χ3n) is 2.74. The molecule has 7 nitrogen and oxygen atoms in total. The molecule has 0 radical (unpaired) electrons. The van der Waals surface area contributed by atoms with Gasteiger partial charge in [-0.25, -0.2) is 0 Å². The van der Waals surface area contributed by atoms with Crippen LogP contribution >= 0.6 is 0 Å². The fourth-order valence-electron chi connectivity index (χ4n) is 1.72. The summed E-state index contributed by atoms with van der Waals surface area (Å²) in [5.74, 6) is 0.597. The lowest BCUT2D eigenvalue weighted by Crippen LogP contribution is -2.13. The molecule has 1 aromatic heterocycles. The number of H-pyrrole nitrogens is 1. The molecule has 1 heterocycles. The molecule has 0 aliphatic carbocycles. The summed E-state index contributed by atoms with van der Waals surface area (Å²) >= 11 is 0. The van der Waals surface area contributed by atoms with E-state index in [1.165, 1.54) is 0 Å². The van der Waals surface area contributed by atoms with Gasteiger partial charge in [0.05, 0.1) is 24.1 Å². The SMILES string of the molecule is COCCOc1ccc2nc(OCCOC)[nH]c(=O)c2c1. The zero-order chi connectivity index (χ0) is 15.1. The Morgan fingerprint density at radius 3 is 2.48 bits per heavy atom. The standard InChI is InChI=1S/C14H18N2O5/c1-18-5-7-20-10-3-4-12-11(9-10)13(17)16-14(15-12)21-8-6-19-2/h3-4,9H,5-8H2,1-2H3,(H,15,16,17). The van der Waals surface area contributed by atoms with Crippen LogP contribution in [-0.4, -0.2) is 50.6 Å². The average molecular weight is 294 g/mol. The Morgan fingerprint density at radius 2 is 1.76 bits per heavy atom. The smallest absolute Gasteiger partial charge is 0.297 e. The van der Waals surface area contributed by atoms with Crippen LogP contribution < -0.4 is 15.0 Å². The van der Waals surface area contributed by atoms with Crippen molar-refractivity contribution in [3.05, 3.63) is 28.6 Å². The summed E-state index contributed by atoms with van der Waals surface area (Å²) in [6.07, 6.45) is 0. The van der Waals surface area contributed by atoms with Gasteiger partial charge in [0.2, 0.25) is 0 Å². The molecule has 0 fully saturated rings. The van der Waals surface area contributed by atoms with Gasteiger partial charge in [-0.15, -0.1) is 0 Å². The van der Waals surface area contributed by atoms with Crippen LogP contribution in [0.15, 0.2) is 23.0 Å². The van der Waals surface area contributed by atoms with Crippen molar-refractivity contribution in [1.29, 1.82) is 0 Å². The highest BCUT2D eigenvalue weighted by molar-refractivity contribution is 5.79. The molecule has 114 valence electrons. The molecule has 0 unspecified atom stereocenters. The molecule has 0 amide bonds. The number of benzene rings is 1. The fraction of sp³-hybridized carbons (Fsp3) is 0.429. The summed E-state index contributed by atoms with van der Waals surface area (Å²) in [6.45, 7) is 1.65. The molecular formula is C14H18N2O5. The first-order valence-electron chi connectivity index (χ1n) is 6.52. The van der Waals surface area contributed by atoms with Crippen LogP contribution in [0.5, 0.6) is 11.8 Å². The number of hydrogen-bond acceptors (Lipinski definition) is 6. The topological polar surface area (TPSA) is 82.7 Å². The quantitative estimate of drug-likeness (QED) is 0.731. The number of aromatic nitrogens is 2. The second kappa shape index (κ2) is 7.61. The van der Waals surface area contributed by atoms with Crippen LogP contribution in [-0.2, 0) is 9.47 Å². The van der Waals surface area contributed by atoms with Gasteiger partial charge in [-0.05, 0) is 18.2 Å². The summed E-state index contributed by atoms with van der Waals surface area (Å²) in [4.78, 5) is 18.8. The minimum atomic E-state index is -0.274. The van der Waals surface area contributed by atoms with Crippen LogP contribution in [0.4, 0.5) is 0 Å². The van der Waals surface area contributed by atoms with Gasteiger partial charge >= 0.3 is 0 Å². The van der Waals surface area contributed by atoms with E-state index in [0.717, 1.165) is 0 Å². The van der Waals surface area contributed by atoms with E-state index in [-0.39, 0.29) is 11.6 Å². The molecular weight excluding hydrogens is 276 g/mol. The number of hydrogen-bond donors (Lipinski definition) is 1. The van der Waals surface area contributed by atoms with Gasteiger partial charge in [-0.2, -0.15) is 4.98 Å². The lowest BCUT2D eigenvalue weighted by molar-refractivity contribution is 0.141. The number of aromatic amines is 1. The maximum atomic E-state index is 12.0. The van der Waals surface area contributed by atoms with Crippen molar-refractivity contribution >= 4 is 10.9 Å². The van der Waals surface area contributed by atoms with E-state index in [4.69, 9.17) is 18.9 Å². The van der Waals surface area contributed by atoms with E-state index in [0.29, 0.717) is 43.1 Å². The summed E-state index contributed by atoms with van der Waals surface area (Å²) in [5, 5.41) is 0.448. The van der Waals surface area contributed by atoms with Crippen LogP contribution in [0.2, 0.25) is 0 Å². The van der Waals surface area contributed by atoms with Gasteiger partial charge in [0, 0.05) is 14.2 Å². The van der Waals surface area contributed by atoms with E-state index >= 15 is 0 Å². The molecule has 0 bridgehead atoms. The van der Waals surface area contributed by atoms with Gasteiger partial charge in [-0.3, -0.25) is 9.78 Å². The average Bonchev–Trinajstić information content (AvgIpc) is 2.48. The van der Waals surface area contributed by atoms with Crippen LogP contribution in [0, 0.1) is 0 Å². The Morgan fingerprint density at radius 1 is 1.05 bits per heavy atom. The van der Waals surface area contributed by atoms with Crippen molar-refractivity contribution in [2.24, 2.45) is 0 Å². The number of ether oxygens (including phenoxy) is 4. The zero-order valence-corrected chi connectivity index (χ0v) is 12.0. The zero-order valence-electron chi connectivity index (χ0n) is 12.0. The maximum Gasteiger partial charge on any atom is 0.297 e. The van der Waals surface area contributed by atoms with Crippen LogP contribution in [0.25, 0.3) is 10.9 Å². The predicted octanol–water partition coefficient (Wildman–Crippen LogP) is 0.974. The third kappa shape index (κ3) is 4.17. The molecule has 1 N–H and O–H groups in total. The first-order valence-corrected chi connectivity index (χ1v) is 6.52. The highest BCUT2D eigenvalue weighted by atomic mass is 16.5. The molecule has 0 aliphatic heterocycles. The van der Waals surface area contributed by atoms with Crippen molar-refractivity contribution in [2.45, 2.75) is 0 Å². The number of rotatable bonds is 8. The molecule has 0 aliphatic rings. The molecule has 7 heteroatoms. The first kappa shape index (κ1) is 15.3. The number of nitrogens with one attached hydrogen (secondary N) is 1. The van der Waals surface area contributed by atoms with Gasteiger partial charge in [0.15, 0.2) is 0 Å². The molecule has 2 rings (SSSR count). The van der Waals surface area contributed by atoms with Gasteiger partial charge < -0.3 is 18.9 Å². The predicted molar refractivity (Wildman–Crippen MR) is 77.1 cm³/mol. The van der Waals surface area contributed by atoms with E-state index in [9.17, 15) is 4.79 Å². The lowest BCUT2D eigenvalue weighted by atomic mass is 10.2. The second-order valence-electron chi connectivity index (χ2n) is 4.23. The highest BCUT2D eigenvalue weighted by Gasteiger charge is 2.06. The van der Waals surface area contributed by atoms with Gasteiger partial charge in [-0.1, -0.05) is 0 Å². The minimum Gasteiger partial charge on any atom is -0.491 e. The fourth-order valence-corrected chi connectivity index (χ4v) is 1.72. The van der Waals surface area contributed by atoms with E-state index < -0.39 is 0 Å². The largest absolute Gasteiger partial charge is 0.491 e. The second-order valence-corrected chi connectivity index (χ2v) is 4.23. The van der Waals surface area contributed by atoms with Crippen LogP contribution in [0.3, 0.4) is 0 Å². The molecule has 2 aromatic rings. The van der Waals surface area contributed by atoms with Gasteiger partial charge in [0.25, 0.3) is 11.6 Å². The Bertz CT molecular complexity index is 641. The first-order chi connectivity index (χ1) is 10.2. The van der Waals surface area contributed by atoms with Crippen molar-refractivity contribution in [1.82, 2.24) is 9.97 Å². The summed E-state index contributed by atoms with van der Waals surface area (Å²) in [6, 6.07) is 5.30. The normalized spacial score (nSPS) is 10.8. The maximum absolute atomic E-state index is 12.0. The summed E-state index contributed by atoms with van der Waals surface area (Å²) in [7, 11) is 3.18. The van der Waals surface area contributed by atoms with E-state index in [1.54, 1.807) is 32.4 Å². The molecule has 0 atom stereocenters. The van der Waals surface area contributed by atoms with Crippen LogP contribution in [0.1, 0.15) is 0 Å². The number of methoxy groups -OCH3 is 2. The number of fused-ring (bicyclic) bond motifs is 1. The monoisotopic (exact) mass is 294 g/mol. The third-order valence-corrected chi connectivity index (χ3v) is 2.74.